The Kier molecular flexibility index (Phi) is 5.15. The minimum Gasteiger partial charge on any atom is -0.465 e. The summed E-state index contributed by atoms with van der Waals surface area (Å²) in [6.45, 7) is 8.41. The van der Waals surface area contributed by atoms with Gasteiger partial charge < -0.3 is 20.2 Å². The number of aromatic nitrogens is 3. The van der Waals surface area contributed by atoms with Crippen molar-refractivity contribution >= 4 is 28.5 Å². The van der Waals surface area contributed by atoms with E-state index < -0.39 is 6.09 Å². The molecule has 1 fully saturated rings. The van der Waals surface area contributed by atoms with E-state index in [2.05, 4.69) is 41.0 Å². The molecule has 1 aliphatic heterocycles. The van der Waals surface area contributed by atoms with Gasteiger partial charge in [-0.2, -0.15) is 0 Å². The SMILES string of the molecule is CC(C)(C)Nc1cc(-c2cc3cnccc3c(N3CCN(C(=O)O)CC3)n2)ccn1. The maximum atomic E-state index is 11.3. The molecule has 2 N–H and O–H groups in total. The highest BCUT2D eigenvalue weighted by atomic mass is 16.4. The summed E-state index contributed by atoms with van der Waals surface area (Å²) < 4.78 is 0. The minimum absolute atomic E-state index is 0.0959. The molecule has 0 radical (unpaired) electrons. The molecule has 0 unspecified atom stereocenters. The molecule has 0 spiro atoms. The van der Waals surface area contributed by atoms with Crippen molar-refractivity contribution < 1.29 is 9.90 Å². The first-order valence-corrected chi connectivity index (χ1v) is 10.0. The molecule has 1 saturated heterocycles. The van der Waals surface area contributed by atoms with Gasteiger partial charge in [-0.25, -0.2) is 14.8 Å². The first-order valence-electron chi connectivity index (χ1n) is 10.0. The van der Waals surface area contributed by atoms with Crippen LogP contribution in [-0.2, 0) is 0 Å². The second-order valence-corrected chi connectivity index (χ2v) is 8.49. The van der Waals surface area contributed by atoms with Crippen molar-refractivity contribution in [1.29, 1.82) is 0 Å². The smallest absolute Gasteiger partial charge is 0.407 e. The standard InChI is InChI=1S/C22H26N6O2/c1-22(2,3)26-19-13-15(4-7-24-19)18-12-16-14-23-6-5-17(16)20(25-18)27-8-10-28(11-9-27)21(29)30/h4-7,12-14H,8-11H2,1-3H3,(H,24,26)(H,29,30). The van der Waals surface area contributed by atoms with Crippen molar-refractivity contribution in [1.82, 2.24) is 19.9 Å². The molecule has 3 aromatic heterocycles. The van der Waals surface area contributed by atoms with Crippen molar-refractivity contribution in [2.45, 2.75) is 26.3 Å². The molecule has 4 heterocycles. The molecule has 8 heteroatoms. The van der Waals surface area contributed by atoms with Crippen LogP contribution in [0, 0.1) is 0 Å². The highest BCUT2D eigenvalue weighted by molar-refractivity contribution is 5.94. The first kappa shape index (κ1) is 19.9. The maximum Gasteiger partial charge on any atom is 0.407 e. The number of hydrogen-bond acceptors (Lipinski definition) is 6. The Hall–Kier alpha value is -3.42. The molecule has 1 amide bonds. The van der Waals surface area contributed by atoms with E-state index in [1.807, 2.05) is 30.5 Å². The van der Waals surface area contributed by atoms with Crippen LogP contribution in [0.1, 0.15) is 20.8 Å². The lowest BCUT2D eigenvalue weighted by Gasteiger charge is -2.34. The summed E-state index contributed by atoms with van der Waals surface area (Å²) >= 11 is 0. The molecular weight excluding hydrogens is 380 g/mol. The highest BCUT2D eigenvalue weighted by Gasteiger charge is 2.23. The topological polar surface area (TPSA) is 94.5 Å². The lowest BCUT2D eigenvalue weighted by molar-refractivity contribution is 0.142. The van der Waals surface area contributed by atoms with Crippen LogP contribution < -0.4 is 10.2 Å². The minimum atomic E-state index is -0.874. The van der Waals surface area contributed by atoms with E-state index in [0.717, 1.165) is 33.7 Å². The Morgan fingerprint density at radius 2 is 1.87 bits per heavy atom. The summed E-state index contributed by atoms with van der Waals surface area (Å²) in [5.41, 5.74) is 1.71. The van der Waals surface area contributed by atoms with Crippen molar-refractivity contribution in [2.24, 2.45) is 0 Å². The third-order valence-corrected chi connectivity index (χ3v) is 5.02. The molecule has 0 atom stereocenters. The molecule has 156 valence electrons. The van der Waals surface area contributed by atoms with Gasteiger partial charge in [0, 0.05) is 66.6 Å². The monoisotopic (exact) mass is 406 g/mol. The van der Waals surface area contributed by atoms with Gasteiger partial charge in [0.25, 0.3) is 0 Å². The van der Waals surface area contributed by atoms with E-state index in [1.165, 1.54) is 4.90 Å². The fourth-order valence-electron chi connectivity index (χ4n) is 3.62. The third-order valence-electron chi connectivity index (χ3n) is 5.02. The molecule has 1 aliphatic rings. The van der Waals surface area contributed by atoms with Crippen molar-refractivity contribution in [2.75, 3.05) is 36.4 Å². The number of carboxylic acid groups (broad SMARTS) is 1. The molecule has 4 rings (SSSR count). The lowest BCUT2D eigenvalue weighted by atomic mass is 10.1. The summed E-state index contributed by atoms with van der Waals surface area (Å²) in [5.74, 6) is 1.65. The Labute approximate surface area is 175 Å². The summed E-state index contributed by atoms with van der Waals surface area (Å²) in [6, 6.07) is 7.95. The number of amides is 1. The zero-order chi connectivity index (χ0) is 21.3. The average molecular weight is 406 g/mol. The van der Waals surface area contributed by atoms with E-state index in [1.54, 1.807) is 12.4 Å². The van der Waals surface area contributed by atoms with Crippen LogP contribution in [0.4, 0.5) is 16.4 Å². The number of nitrogens with zero attached hydrogens (tertiary/aromatic N) is 5. The van der Waals surface area contributed by atoms with Crippen molar-refractivity contribution in [3.63, 3.8) is 0 Å². The maximum absolute atomic E-state index is 11.3. The van der Waals surface area contributed by atoms with E-state index in [4.69, 9.17) is 4.98 Å². The largest absolute Gasteiger partial charge is 0.465 e. The van der Waals surface area contributed by atoms with Crippen LogP contribution in [0.2, 0.25) is 0 Å². The number of pyridine rings is 3. The summed E-state index contributed by atoms with van der Waals surface area (Å²) in [4.78, 5) is 28.5. The van der Waals surface area contributed by atoms with E-state index in [9.17, 15) is 9.90 Å². The van der Waals surface area contributed by atoms with Crippen LogP contribution in [0.3, 0.4) is 0 Å². The number of carbonyl (C=O) groups is 1. The number of nitrogens with one attached hydrogen (secondary N) is 1. The molecule has 30 heavy (non-hydrogen) atoms. The van der Waals surface area contributed by atoms with Gasteiger partial charge in [-0.15, -0.1) is 0 Å². The van der Waals surface area contributed by atoms with Gasteiger partial charge >= 0.3 is 6.09 Å². The van der Waals surface area contributed by atoms with Crippen LogP contribution in [0.15, 0.2) is 42.9 Å². The summed E-state index contributed by atoms with van der Waals surface area (Å²) in [6.07, 6.45) is 4.51. The Bertz CT molecular complexity index is 1070. The number of hydrogen-bond donors (Lipinski definition) is 2. The van der Waals surface area contributed by atoms with E-state index in [-0.39, 0.29) is 5.54 Å². The fraction of sp³-hybridized carbons (Fsp3) is 0.364. The molecule has 3 aromatic rings. The van der Waals surface area contributed by atoms with Gasteiger partial charge in [0.15, 0.2) is 0 Å². The van der Waals surface area contributed by atoms with Crippen molar-refractivity contribution in [3.8, 4) is 11.3 Å². The van der Waals surface area contributed by atoms with Crippen LogP contribution in [0.5, 0.6) is 0 Å². The van der Waals surface area contributed by atoms with Gasteiger partial charge in [-0.05, 0) is 45.0 Å². The highest BCUT2D eigenvalue weighted by Crippen LogP contribution is 2.31. The number of fused-ring (bicyclic) bond motifs is 1. The molecule has 0 aliphatic carbocycles. The Morgan fingerprint density at radius 3 is 2.57 bits per heavy atom. The van der Waals surface area contributed by atoms with Crippen LogP contribution >= 0.6 is 0 Å². The summed E-state index contributed by atoms with van der Waals surface area (Å²) in [7, 11) is 0. The zero-order valence-corrected chi connectivity index (χ0v) is 17.5. The zero-order valence-electron chi connectivity index (χ0n) is 17.5. The normalized spacial score (nSPS) is 14.8. The molecular formula is C22H26N6O2. The van der Waals surface area contributed by atoms with Gasteiger partial charge in [-0.3, -0.25) is 4.98 Å². The predicted octanol–water partition coefficient (Wildman–Crippen LogP) is 3.70. The lowest BCUT2D eigenvalue weighted by Crippen LogP contribution is -2.48. The van der Waals surface area contributed by atoms with Crippen molar-refractivity contribution in [3.05, 3.63) is 42.9 Å². The van der Waals surface area contributed by atoms with Crippen LogP contribution in [-0.4, -0.2) is 62.8 Å². The average Bonchev–Trinajstić information content (AvgIpc) is 2.72. The second kappa shape index (κ2) is 7.78. The third kappa shape index (κ3) is 4.27. The van der Waals surface area contributed by atoms with Gasteiger partial charge in [0.2, 0.25) is 0 Å². The predicted molar refractivity (Wildman–Crippen MR) is 118 cm³/mol. The van der Waals surface area contributed by atoms with Gasteiger partial charge in [-0.1, -0.05) is 0 Å². The van der Waals surface area contributed by atoms with Gasteiger partial charge in [0.1, 0.15) is 11.6 Å². The fourth-order valence-corrected chi connectivity index (χ4v) is 3.62. The quantitative estimate of drug-likeness (QED) is 0.685. The Morgan fingerprint density at radius 1 is 1.10 bits per heavy atom. The number of piperazine rings is 1. The Balaban J connectivity index is 1.73. The molecule has 8 nitrogen and oxygen atoms in total. The van der Waals surface area contributed by atoms with Crippen LogP contribution in [0.25, 0.3) is 22.0 Å². The molecule has 0 aromatic carbocycles. The summed E-state index contributed by atoms with van der Waals surface area (Å²) in [5, 5.41) is 14.7. The number of rotatable bonds is 3. The second-order valence-electron chi connectivity index (χ2n) is 8.49. The molecule has 0 bridgehead atoms. The first-order chi connectivity index (χ1) is 14.3. The number of anilines is 2. The van der Waals surface area contributed by atoms with E-state index in [0.29, 0.717) is 26.2 Å². The van der Waals surface area contributed by atoms with E-state index >= 15 is 0 Å². The van der Waals surface area contributed by atoms with Gasteiger partial charge in [0.05, 0.1) is 5.69 Å². The molecule has 0 saturated carbocycles.